The maximum atomic E-state index is 10.6. The Labute approximate surface area is 97.7 Å². The van der Waals surface area contributed by atoms with Crippen LogP contribution in [0.2, 0.25) is 5.02 Å². The fourth-order valence-corrected chi connectivity index (χ4v) is 1.83. The third-order valence-electron chi connectivity index (χ3n) is 2.40. The lowest BCUT2D eigenvalue weighted by Crippen LogP contribution is -2.02. The highest BCUT2D eigenvalue weighted by Gasteiger charge is 2.07. The first-order chi connectivity index (χ1) is 7.58. The van der Waals surface area contributed by atoms with Gasteiger partial charge in [-0.05, 0) is 30.7 Å². The molecule has 0 amide bonds. The molecule has 0 fully saturated rings. The van der Waals surface area contributed by atoms with Crippen molar-refractivity contribution < 1.29 is 9.90 Å². The van der Waals surface area contributed by atoms with E-state index < -0.39 is 5.97 Å². The maximum absolute atomic E-state index is 10.6. The molecule has 0 atom stereocenters. The van der Waals surface area contributed by atoms with Crippen LogP contribution in [-0.4, -0.2) is 16.1 Å². The average Bonchev–Trinajstić information content (AvgIpc) is 2.23. The zero-order chi connectivity index (χ0) is 11.7. The topological polar surface area (TPSA) is 50.2 Å². The Morgan fingerprint density at radius 1 is 1.38 bits per heavy atom. The van der Waals surface area contributed by atoms with E-state index in [-0.39, 0.29) is 6.42 Å². The quantitative estimate of drug-likeness (QED) is 0.871. The number of carboxylic acid groups (broad SMARTS) is 1. The minimum atomic E-state index is -0.883. The number of hydrogen-bond donors (Lipinski definition) is 1. The van der Waals surface area contributed by atoms with Crippen molar-refractivity contribution in [1.29, 1.82) is 0 Å². The summed E-state index contributed by atoms with van der Waals surface area (Å²) in [7, 11) is 0. The number of fused-ring (bicyclic) bond motifs is 1. The van der Waals surface area contributed by atoms with E-state index >= 15 is 0 Å². The van der Waals surface area contributed by atoms with Crippen LogP contribution in [0.25, 0.3) is 10.9 Å². The number of carbonyl (C=O) groups is 1. The summed E-state index contributed by atoms with van der Waals surface area (Å²) < 4.78 is 0. The van der Waals surface area contributed by atoms with Crippen LogP contribution in [0.1, 0.15) is 11.3 Å². The van der Waals surface area contributed by atoms with E-state index in [1.165, 1.54) is 0 Å². The summed E-state index contributed by atoms with van der Waals surface area (Å²) in [6, 6.07) is 7.21. The first-order valence-corrected chi connectivity index (χ1v) is 5.22. The highest BCUT2D eigenvalue weighted by molar-refractivity contribution is 6.35. The normalized spacial score (nSPS) is 10.6. The summed E-state index contributed by atoms with van der Waals surface area (Å²) in [5.74, 6) is -0.883. The van der Waals surface area contributed by atoms with Crippen molar-refractivity contribution >= 4 is 28.5 Å². The Balaban J connectivity index is 2.61. The van der Waals surface area contributed by atoms with Gasteiger partial charge in [-0.3, -0.25) is 9.78 Å². The van der Waals surface area contributed by atoms with Crippen LogP contribution < -0.4 is 0 Å². The van der Waals surface area contributed by atoms with Crippen molar-refractivity contribution in [3.8, 4) is 0 Å². The van der Waals surface area contributed by atoms with Crippen LogP contribution >= 0.6 is 11.6 Å². The highest BCUT2D eigenvalue weighted by atomic mass is 35.5. The molecule has 1 N–H and O–H groups in total. The van der Waals surface area contributed by atoms with Crippen LogP contribution in [-0.2, 0) is 11.2 Å². The molecule has 0 saturated heterocycles. The van der Waals surface area contributed by atoms with Gasteiger partial charge in [0.05, 0.1) is 17.6 Å². The van der Waals surface area contributed by atoms with Crippen molar-refractivity contribution in [3.05, 3.63) is 40.5 Å². The molecule has 0 spiro atoms. The standard InChI is InChI=1S/C12H10ClNO2/c1-7-2-5-10(13)9-4-3-8(6-11(15)16)14-12(7)9/h2-5H,6H2,1H3,(H,15,16). The van der Waals surface area contributed by atoms with Gasteiger partial charge in [0.2, 0.25) is 0 Å². The number of hydrogen-bond acceptors (Lipinski definition) is 2. The van der Waals surface area contributed by atoms with Gasteiger partial charge in [-0.15, -0.1) is 0 Å². The molecule has 0 aliphatic heterocycles. The lowest BCUT2D eigenvalue weighted by molar-refractivity contribution is -0.136. The van der Waals surface area contributed by atoms with Crippen molar-refractivity contribution in [1.82, 2.24) is 4.98 Å². The number of benzene rings is 1. The van der Waals surface area contributed by atoms with Crippen LogP contribution in [0.3, 0.4) is 0 Å². The molecule has 2 aromatic rings. The predicted octanol–water partition coefficient (Wildman–Crippen LogP) is 2.82. The number of nitrogens with zero attached hydrogens (tertiary/aromatic N) is 1. The lowest BCUT2D eigenvalue weighted by atomic mass is 10.1. The van der Waals surface area contributed by atoms with Gasteiger partial charge in [0.1, 0.15) is 0 Å². The van der Waals surface area contributed by atoms with Crippen molar-refractivity contribution in [2.75, 3.05) is 0 Å². The van der Waals surface area contributed by atoms with Gasteiger partial charge in [0.15, 0.2) is 0 Å². The van der Waals surface area contributed by atoms with Crippen molar-refractivity contribution in [3.63, 3.8) is 0 Å². The molecule has 0 saturated carbocycles. The third kappa shape index (κ3) is 1.99. The van der Waals surface area contributed by atoms with Crippen molar-refractivity contribution in [2.45, 2.75) is 13.3 Å². The third-order valence-corrected chi connectivity index (χ3v) is 2.73. The molecule has 1 aromatic heterocycles. The van der Waals surface area contributed by atoms with Crippen LogP contribution in [0.15, 0.2) is 24.3 Å². The maximum Gasteiger partial charge on any atom is 0.309 e. The molecule has 3 nitrogen and oxygen atoms in total. The Bertz CT molecular complexity index is 566. The summed E-state index contributed by atoms with van der Waals surface area (Å²) >= 11 is 6.03. The molecule has 0 radical (unpaired) electrons. The van der Waals surface area contributed by atoms with E-state index in [1.807, 2.05) is 25.1 Å². The molecule has 16 heavy (non-hydrogen) atoms. The van der Waals surface area contributed by atoms with E-state index in [0.717, 1.165) is 16.5 Å². The van der Waals surface area contributed by atoms with E-state index in [0.29, 0.717) is 10.7 Å². The second-order valence-corrected chi connectivity index (χ2v) is 4.04. The molecule has 0 aliphatic carbocycles. The average molecular weight is 236 g/mol. The molecular formula is C12H10ClNO2. The van der Waals surface area contributed by atoms with Gasteiger partial charge < -0.3 is 5.11 Å². The second-order valence-electron chi connectivity index (χ2n) is 3.63. The summed E-state index contributed by atoms with van der Waals surface area (Å²) in [5.41, 5.74) is 2.31. The lowest BCUT2D eigenvalue weighted by Gasteiger charge is -2.05. The SMILES string of the molecule is Cc1ccc(Cl)c2ccc(CC(=O)O)nc12. The largest absolute Gasteiger partial charge is 0.481 e. The highest BCUT2D eigenvalue weighted by Crippen LogP contribution is 2.25. The van der Waals surface area contributed by atoms with Crippen LogP contribution in [0.4, 0.5) is 0 Å². The first-order valence-electron chi connectivity index (χ1n) is 4.84. The number of halogens is 1. The van der Waals surface area contributed by atoms with E-state index in [2.05, 4.69) is 4.98 Å². The van der Waals surface area contributed by atoms with Crippen LogP contribution in [0, 0.1) is 6.92 Å². The zero-order valence-electron chi connectivity index (χ0n) is 8.70. The molecule has 2 rings (SSSR count). The van der Waals surface area contributed by atoms with Gasteiger partial charge in [-0.2, -0.15) is 0 Å². The second kappa shape index (κ2) is 4.10. The van der Waals surface area contributed by atoms with E-state index in [9.17, 15) is 4.79 Å². The summed E-state index contributed by atoms with van der Waals surface area (Å²) in [4.78, 5) is 14.9. The number of carboxylic acids is 1. The monoisotopic (exact) mass is 235 g/mol. The summed E-state index contributed by atoms with van der Waals surface area (Å²) in [6.45, 7) is 1.93. The van der Waals surface area contributed by atoms with Gasteiger partial charge in [-0.25, -0.2) is 0 Å². The summed E-state index contributed by atoms with van der Waals surface area (Å²) in [6.07, 6.45) is -0.0676. The number of aromatic nitrogens is 1. The molecule has 1 aromatic carbocycles. The molecule has 4 heteroatoms. The molecule has 1 heterocycles. The molecule has 0 aliphatic rings. The van der Waals surface area contributed by atoms with Gasteiger partial charge in [0.25, 0.3) is 0 Å². The van der Waals surface area contributed by atoms with Gasteiger partial charge in [0, 0.05) is 10.4 Å². The first kappa shape index (κ1) is 10.9. The molecule has 82 valence electrons. The number of rotatable bonds is 2. The zero-order valence-corrected chi connectivity index (χ0v) is 9.45. The molecular weight excluding hydrogens is 226 g/mol. The number of aryl methyl sites for hydroxylation is 1. The summed E-state index contributed by atoms with van der Waals surface area (Å²) in [5, 5.41) is 10.2. The Hall–Kier alpha value is -1.61. The fourth-order valence-electron chi connectivity index (χ4n) is 1.61. The van der Waals surface area contributed by atoms with Crippen LogP contribution in [0.5, 0.6) is 0 Å². The number of pyridine rings is 1. The van der Waals surface area contributed by atoms with Gasteiger partial charge >= 0.3 is 5.97 Å². The molecule has 0 bridgehead atoms. The Morgan fingerprint density at radius 3 is 2.81 bits per heavy atom. The Kier molecular flexibility index (Phi) is 2.79. The van der Waals surface area contributed by atoms with Crippen molar-refractivity contribution in [2.24, 2.45) is 0 Å². The minimum Gasteiger partial charge on any atom is -0.481 e. The fraction of sp³-hybridized carbons (Fsp3) is 0.167. The van der Waals surface area contributed by atoms with Gasteiger partial charge in [-0.1, -0.05) is 17.7 Å². The predicted molar refractivity (Wildman–Crippen MR) is 62.8 cm³/mol. The Morgan fingerprint density at radius 2 is 2.12 bits per heavy atom. The van der Waals surface area contributed by atoms with E-state index in [4.69, 9.17) is 16.7 Å². The smallest absolute Gasteiger partial charge is 0.309 e. The number of aliphatic carboxylic acids is 1. The van der Waals surface area contributed by atoms with E-state index in [1.54, 1.807) is 6.07 Å². The molecule has 0 unspecified atom stereocenters. The minimum absolute atomic E-state index is 0.0676.